The minimum Gasteiger partial charge on any atom is -0.457 e. The summed E-state index contributed by atoms with van der Waals surface area (Å²) in [5.74, 6) is 2.61. The zero-order chi connectivity index (χ0) is 36.3. The fourth-order valence-electron chi connectivity index (χ4n) is 6.04. The Morgan fingerprint density at radius 2 is 0.755 bits per heavy atom. The number of benzene rings is 6. The second-order valence-corrected chi connectivity index (χ2v) is 12.1. The first-order valence-electron chi connectivity index (χ1n) is 16.6. The molecule has 0 aliphatic rings. The van der Waals surface area contributed by atoms with Gasteiger partial charge in [0.25, 0.3) is 11.4 Å². The van der Waals surface area contributed by atoms with Gasteiger partial charge in [-0.25, -0.2) is 9.97 Å². The molecule has 2 N–H and O–H groups in total. The summed E-state index contributed by atoms with van der Waals surface area (Å²) in [7, 11) is 0. The van der Waals surface area contributed by atoms with Gasteiger partial charge < -0.3 is 14.7 Å². The van der Waals surface area contributed by atoms with Crippen LogP contribution in [0.5, 0.6) is 11.5 Å². The van der Waals surface area contributed by atoms with Gasteiger partial charge in [-0.15, -0.1) is 0 Å². The minimum absolute atomic E-state index is 0.00915. The van der Waals surface area contributed by atoms with Crippen molar-refractivity contribution in [3.63, 3.8) is 0 Å². The van der Waals surface area contributed by atoms with Gasteiger partial charge in [-0.2, -0.15) is 0 Å². The molecule has 0 unspecified atom stereocenters. The molecular formula is C42H28N6O5. The van der Waals surface area contributed by atoms with Crippen LogP contribution in [0.1, 0.15) is 0 Å². The van der Waals surface area contributed by atoms with Crippen molar-refractivity contribution in [1.29, 1.82) is 0 Å². The number of nitro groups is 2. The van der Waals surface area contributed by atoms with Crippen molar-refractivity contribution in [3.8, 4) is 79.3 Å². The Bertz CT molecular complexity index is 2370. The third-order valence-corrected chi connectivity index (χ3v) is 8.73. The first kappa shape index (κ1) is 32.5. The predicted molar refractivity (Wildman–Crippen MR) is 203 cm³/mol. The largest absolute Gasteiger partial charge is 0.457 e. The van der Waals surface area contributed by atoms with Gasteiger partial charge in [0.05, 0.1) is 32.6 Å². The zero-order valence-electron chi connectivity index (χ0n) is 27.8. The van der Waals surface area contributed by atoms with E-state index in [1.165, 1.54) is 24.3 Å². The maximum absolute atomic E-state index is 11.3. The third-order valence-electron chi connectivity index (χ3n) is 8.73. The van der Waals surface area contributed by atoms with Crippen LogP contribution in [0.15, 0.2) is 158 Å². The Balaban J connectivity index is 1.07. The highest BCUT2D eigenvalue weighted by Crippen LogP contribution is 2.37. The maximum atomic E-state index is 11.3. The molecule has 2 heterocycles. The molecule has 0 spiro atoms. The maximum Gasteiger partial charge on any atom is 0.269 e. The number of hydrogen-bond donors (Lipinski definition) is 2. The minimum atomic E-state index is -0.422. The summed E-state index contributed by atoms with van der Waals surface area (Å²) in [6.45, 7) is 0. The molecule has 11 nitrogen and oxygen atoms in total. The van der Waals surface area contributed by atoms with E-state index < -0.39 is 9.85 Å². The van der Waals surface area contributed by atoms with Crippen LogP contribution in [0.2, 0.25) is 0 Å². The number of aromatic nitrogens is 4. The van der Waals surface area contributed by atoms with Crippen molar-refractivity contribution in [2.45, 2.75) is 0 Å². The Kier molecular flexibility index (Phi) is 8.55. The molecule has 0 aliphatic heterocycles. The van der Waals surface area contributed by atoms with Crippen molar-refractivity contribution in [3.05, 3.63) is 178 Å². The summed E-state index contributed by atoms with van der Waals surface area (Å²) in [5, 5.41) is 22.5. The lowest BCUT2D eigenvalue weighted by atomic mass is 10.0. The van der Waals surface area contributed by atoms with Gasteiger partial charge in [0.15, 0.2) is 0 Å². The smallest absolute Gasteiger partial charge is 0.269 e. The number of imidazole rings is 2. The lowest BCUT2D eigenvalue weighted by Crippen LogP contribution is -1.89. The average molecular weight is 697 g/mol. The van der Waals surface area contributed by atoms with Crippen LogP contribution in [0, 0.1) is 20.2 Å². The van der Waals surface area contributed by atoms with Crippen molar-refractivity contribution >= 4 is 11.4 Å². The van der Waals surface area contributed by atoms with Gasteiger partial charge in [0, 0.05) is 57.6 Å². The Morgan fingerprint density at radius 1 is 0.415 bits per heavy atom. The molecule has 0 atom stereocenters. The number of nitro benzene ring substituents is 2. The molecule has 0 fully saturated rings. The molecule has 8 rings (SSSR count). The molecule has 11 heteroatoms. The molecule has 53 heavy (non-hydrogen) atoms. The zero-order valence-corrected chi connectivity index (χ0v) is 27.8. The SMILES string of the molecule is O=[N+]([O-])c1ccc(-c2nc(-c3ccccc3)[nH]c2-c2ccc(Oc3ccc(-c4nc(-c5ccccc5)[nH]c4-c4ccc([N+](=O)[O-])cc4)cc3)cc2)cc1. The molecular weight excluding hydrogens is 668 g/mol. The Morgan fingerprint density at radius 3 is 1.13 bits per heavy atom. The number of aromatic amines is 2. The van der Waals surface area contributed by atoms with E-state index in [4.69, 9.17) is 14.7 Å². The van der Waals surface area contributed by atoms with E-state index in [0.29, 0.717) is 34.5 Å². The molecule has 0 saturated heterocycles. The fraction of sp³-hybridized carbons (Fsp3) is 0. The van der Waals surface area contributed by atoms with Gasteiger partial charge in [0.1, 0.15) is 23.1 Å². The fourth-order valence-corrected chi connectivity index (χ4v) is 6.04. The second kappa shape index (κ2) is 13.9. The summed E-state index contributed by atoms with van der Waals surface area (Å²) in [6.07, 6.45) is 0. The first-order valence-corrected chi connectivity index (χ1v) is 16.6. The van der Waals surface area contributed by atoms with Gasteiger partial charge in [-0.05, 0) is 72.8 Å². The van der Waals surface area contributed by atoms with E-state index >= 15 is 0 Å². The standard InChI is InChI=1S/C42H28N6O5/c49-47(50)33-19-11-27(12-20-33)37-39(45-41(43-37)31-7-3-1-4-8-31)29-15-23-35(24-16-29)53-36-25-17-30(18-26-36)40-38(28-13-21-34(22-14-28)48(51)52)44-42(46-40)32-9-5-2-6-10-32/h1-26H,(H,43,45)(H,44,46). The summed E-state index contributed by atoms with van der Waals surface area (Å²) >= 11 is 0. The number of rotatable bonds is 10. The average Bonchev–Trinajstić information content (AvgIpc) is 3.86. The molecule has 0 saturated carbocycles. The van der Waals surface area contributed by atoms with Crippen LogP contribution in [0.4, 0.5) is 11.4 Å². The highest BCUT2D eigenvalue weighted by atomic mass is 16.6. The van der Waals surface area contributed by atoms with Gasteiger partial charge in [-0.3, -0.25) is 20.2 Å². The number of hydrogen-bond acceptors (Lipinski definition) is 7. The van der Waals surface area contributed by atoms with Crippen LogP contribution in [-0.2, 0) is 0 Å². The normalized spacial score (nSPS) is 10.9. The number of nitrogens with one attached hydrogen (secondary N) is 2. The molecule has 0 amide bonds. The molecule has 0 radical (unpaired) electrons. The van der Waals surface area contributed by atoms with Gasteiger partial charge in [-0.1, -0.05) is 60.7 Å². The van der Waals surface area contributed by atoms with E-state index in [0.717, 1.165) is 44.8 Å². The predicted octanol–water partition coefficient (Wildman–Crippen LogP) is 10.7. The molecule has 256 valence electrons. The van der Waals surface area contributed by atoms with Crippen LogP contribution in [0.3, 0.4) is 0 Å². The van der Waals surface area contributed by atoms with Crippen molar-refractivity contribution in [2.24, 2.45) is 0 Å². The van der Waals surface area contributed by atoms with Crippen molar-refractivity contribution in [2.75, 3.05) is 0 Å². The lowest BCUT2D eigenvalue weighted by Gasteiger charge is -2.09. The highest BCUT2D eigenvalue weighted by Gasteiger charge is 2.19. The molecule has 0 aliphatic carbocycles. The van der Waals surface area contributed by atoms with E-state index in [9.17, 15) is 20.2 Å². The van der Waals surface area contributed by atoms with Crippen LogP contribution >= 0.6 is 0 Å². The van der Waals surface area contributed by atoms with Crippen molar-refractivity contribution < 1.29 is 14.6 Å². The van der Waals surface area contributed by atoms with E-state index in [-0.39, 0.29) is 11.4 Å². The van der Waals surface area contributed by atoms with Crippen LogP contribution in [-0.4, -0.2) is 29.8 Å². The van der Waals surface area contributed by atoms with E-state index in [1.807, 2.05) is 109 Å². The van der Waals surface area contributed by atoms with Crippen molar-refractivity contribution in [1.82, 2.24) is 19.9 Å². The quantitative estimate of drug-likeness (QED) is 0.107. The van der Waals surface area contributed by atoms with Crippen LogP contribution < -0.4 is 4.74 Å². The van der Waals surface area contributed by atoms with E-state index in [2.05, 4.69) is 9.97 Å². The first-order chi connectivity index (χ1) is 25.9. The number of ether oxygens (including phenoxy) is 1. The van der Waals surface area contributed by atoms with Crippen LogP contribution in [0.25, 0.3) is 67.8 Å². The molecule has 2 aromatic heterocycles. The summed E-state index contributed by atoms with van der Waals surface area (Å²) in [4.78, 5) is 38.4. The van der Waals surface area contributed by atoms with E-state index in [1.54, 1.807) is 24.3 Å². The molecule has 8 aromatic rings. The monoisotopic (exact) mass is 696 g/mol. The molecule has 6 aromatic carbocycles. The Labute approximate surface area is 302 Å². The lowest BCUT2D eigenvalue weighted by molar-refractivity contribution is -0.385. The number of non-ortho nitro benzene ring substituents is 2. The highest BCUT2D eigenvalue weighted by molar-refractivity contribution is 5.83. The topological polar surface area (TPSA) is 153 Å². The van der Waals surface area contributed by atoms with Gasteiger partial charge in [0.2, 0.25) is 0 Å². The number of H-pyrrole nitrogens is 2. The van der Waals surface area contributed by atoms with Gasteiger partial charge >= 0.3 is 0 Å². The Hall–Kier alpha value is -7.66. The summed E-state index contributed by atoms with van der Waals surface area (Å²) in [5.41, 5.74) is 7.95. The summed E-state index contributed by atoms with van der Waals surface area (Å²) < 4.78 is 6.23. The number of nitrogens with zero attached hydrogens (tertiary/aromatic N) is 4. The second-order valence-electron chi connectivity index (χ2n) is 12.1. The summed E-state index contributed by atoms with van der Waals surface area (Å²) in [6, 6.07) is 47.5. The molecule has 0 bridgehead atoms. The third kappa shape index (κ3) is 6.77.